The van der Waals surface area contributed by atoms with Gasteiger partial charge in [0.15, 0.2) is 0 Å². The molecule has 0 fully saturated rings. The topological polar surface area (TPSA) is 29.3 Å². The molecule has 2 aromatic carbocycles. The van der Waals surface area contributed by atoms with E-state index in [1.165, 1.54) is 16.7 Å². The summed E-state index contributed by atoms with van der Waals surface area (Å²) in [7, 11) is 2.16. The second-order valence-electron chi connectivity index (χ2n) is 5.53. The lowest BCUT2D eigenvalue weighted by atomic mass is 9.98. The van der Waals surface area contributed by atoms with E-state index in [0.717, 1.165) is 13.1 Å². The Balaban J connectivity index is 1.95. The molecule has 2 N–H and O–H groups in total. The monoisotopic (exact) mass is 268 g/mol. The number of nitrogens with two attached hydrogens (primary N) is 1. The van der Waals surface area contributed by atoms with Gasteiger partial charge < -0.3 is 10.6 Å². The van der Waals surface area contributed by atoms with Crippen molar-refractivity contribution in [1.82, 2.24) is 4.90 Å². The molecule has 0 bridgehead atoms. The van der Waals surface area contributed by atoms with E-state index >= 15 is 0 Å². The third kappa shape index (κ3) is 4.19. The van der Waals surface area contributed by atoms with Crippen LogP contribution < -0.4 is 5.73 Å². The number of benzene rings is 2. The summed E-state index contributed by atoms with van der Waals surface area (Å²) in [5, 5.41) is 0. The van der Waals surface area contributed by atoms with Gasteiger partial charge in [0.05, 0.1) is 0 Å². The van der Waals surface area contributed by atoms with Crippen LogP contribution in [-0.4, -0.2) is 25.0 Å². The van der Waals surface area contributed by atoms with Gasteiger partial charge in [0.25, 0.3) is 0 Å². The van der Waals surface area contributed by atoms with Crippen molar-refractivity contribution in [2.45, 2.75) is 19.4 Å². The van der Waals surface area contributed by atoms with Gasteiger partial charge in [-0.05, 0) is 25.1 Å². The average Bonchev–Trinajstić information content (AvgIpc) is 2.48. The molecule has 0 amide bonds. The molecule has 0 heterocycles. The van der Waals surface area contributed by atoms with E-state index in [-0.39, 0.29) is 0 Å². The molecule has 2 heteroatoms. The van der Waals surface area contributed by atoms with E-state index in [1.807, 2.05) is 6.07 Å². The van der Waals surface area contributed by atoms with Crippen LogP contribution >= 0.6 is 0 Å². The van der Waals surface area contributed by atoms with E-state index in [4.69, 9.17) is 5.73 Å². The Morgan fingerprint density at radius 1 is 1.00 bits per heavy atom. The van der Waals surface area contributed by atoms with Crippen molar-refractivity contribution in [1.29, 1.82) is 0 Å². The lowest BCUT2D eigenvalue weighted by Crippen LogP contribution is -2.28. The predicted octanol–water partition coefficient (Wildman–Crippen LogP) is 3.17. The molecule has 0 aromatic heterocycles. The van der Waals surface area contributed by atoms with Crippen LogP contribution in [0.25, 0.3) is 0 Å². The van der Waals surface area contributed by atoms with Crippen molar-refractivity contribution in [2.75, 3.05) is 20.1 Å². The van der Waals surface area contributed by atoms with Crippen LogP contribution in [0.5, 0.6) is 0 Å². The first-order valence-corrected chi connectivity index (χ1v) is 7.18. The van der Waals surface area contributed by atoms with Crippen LogP contribution in [0.2, 0.25) is 0 Å². The predicted molar refractivity (Wildman–Crippen MR) is 85.8 cm³/mol. The standard InChI is InChI=1S/C18H24N2/c1-15-8-10-16(11-9-15)13-20(2)14-18(12-19)17-6-4-3-5-7-17/h3-11,18H,12-14,19H2,1-2H3. The Bertz CT molecular complexity index is 505. The minimum absolute atomic E-state index is 0.395. The summed E-state index contributed by atoms with van der Waals surface area (Å²) in [6, 6.07) is 19.3. The number of likely N-dealkylation sites (N-methyl/N-ethyl adjacent to an activating group) is 1. The minimum atomic E-state index is 0.395. The van der Waals surface area contributed by atoms with Crippen molar-refractivity contribution in [3.63, 3.8) is 0 Å². The second kappa shape index (κ2) is 7.22. The van der Waals surface area contributed by atoms with E-state index < -0.39 is 0 Å². The maximum absolute atomic E-state index is 5.94. The van der Waals surface area contributed by atoms with Crippen molar-refractivity contribution >= 4 is 0 Å². The summed E-state index contributed by atoms with van der Waals surface area (Å²) in [4.78, 5) is 2.34. The zero-order chi connectivity index (χ0) is 14.4. The van der Waals surface area contributed by atoms with Crippen LogP contribution in [0.3, 0.4) is 0 Å². The highest BCUT2D eigenvalue weighted by molar-refractivity contribution is 5.22. The fraction of sp³-hybridized carbons (Fsp3) is 0.333. The second-order valence-corrected chi connectivity index (χ2v) is 5.53. The molecule has 2 nitrogen and oxygen atoms in total. The Morgan fingerprint density at radius 3 is 2.25 bits per heavy atom. The number of nitrogens with zero attached hydrogens (tertiary/aromatic N) is 1. The Kier molecular flexibility index (Phi) is 5.33. The third-order valence-electron chi connectivity index (χ3n) is 3.66. The molecule has 20 heavy (non-hydrogen) atoms. The van der Waals surface area contributed by atoms with E-state index in [1.54, 1.807) is 0 Å². The molecule has 106 valence electrons. The van der Waals surface area contributed by atoms with Gasteiger partial charge in [0.1, 0.15) is 0 Å². The molecule has 0 saturated heterocycles. The molecule has 2 aromatic rings. The SMILES string of the molecule is Cc1ccc(CN(C)CC(CN)c2ccccc2)cc1. The third-order valence-corrected chi connectivity index (χ3v) is 3.66. The number of aryl methyl sites for hydroxylation is 1. The maximum Gasteiger partial charge on any atom is 0.0230 e. The van der Waals surface area contributed by atoms with Crippen LogP contribution in [0.4, 0.5) is 0 Å². The zero-order valence-electron chi connectivity index (χ0n) is 12.4. The highest BCUT2D eigenvalue weighted by Gasteiger charge is 2.12. The Morgan fingerprint density at radius 2 is 1.65 bits per heavy atom. The van der Waals surface area contributed by atoms with Crippen LogP contribution in [0.15, 0.2) is 54.6 Å². The fourth-order valence-electron chi connectivity index (χ4n) is 2.49. The normalized spacial score (nSPS) is 12.6. The molecular weight excluding hydrogens is 244 g/mol. The average molecular weight is 268 g/mol. The summed E-state index contributed by atoms with van der Waals surface area (Å²) < 4.78 is 0. The van der Waals surface area contributed by atoms with Crippen molar-refractivity contribution in [3.05, 3.63) is 71.3 Å². The Labute approximate surface area is 122 Å². The molecule has 0 aliphatic rings. The highest BCUT2D eigenvalue weighted by atomic mass is 15.1. The summed E-state index contributed by atoms with van der Waals surface area (Å²) >= 11 is 0. The van der Waals surface area contributed by atoms with Gasteiger partial charge in [0.2, 0.25) is 0 Å². The lowest BCUT2D eigenvalue weighted by Gasteiger charge is -2.23. The molecule has 0 saturated carbocycles. The minimum Gasteiger partial charge on any atom is -0.330 e. The molecule has 1 atom stereocenters. The first kappa shape index (κ1) is 14.8. The number of hydrogen-bond acceptors (Lipinski definition) is 2. The van der Waals surface area contributed by atoms with Gasteiger partial charge in [-0.1, -0.05) is 60.2 Å². The Hall–Kier alpha value is -1.64. The first-order valence-electron chi connectivity index (χ1n) is 7.18. The van der Waals surface area contributed by atoms with Crippen molar-refractivity contribution < 1.29 is 0 Å². The molecular formula is C18H24N2. The molecule has 1 unspecified atom stereocenters. The molecule has 2 rings (SSSR count). The summed E-state index contributed by atoms with van der Waals surface area (Å²) in [5.41, 5.74) is 9.92. The van der Waals surface area contributed by atoms with Gasteiger partial charge in [-0.25, -0.2) is 0 Å². The molecule has 0 radical (unpaired) electrons. The fourth-order valence-corrected chi connectivity index (χ4v) is 2.49. The highest BCUT2D eigenvalue weighted by Crippen LogP contribution is 2.16. The van der Waals surface area contributed by atoms with Gasteiger partial charge in [-0.3, -0.25) is 0 Å². The van der Waals surface area contributed by atoms with Gasteiger partial charge in [-0.2, -0.15) is 0 Å². The number of hydrogen-bond donors (Lipinski definition) is 1. The van der Waals surface area contributed by atoms with Gasteiger partial charge >= 0.3 is 0 Å². The molecule has 0 spiro atoms. The van der Waals surface area contributed by atoms with Gasteiger partial charge in [-0.15, -0.1) is 0 Å². The summed E-state index contributed by atoms with van der Waals surface area (Å²) in [6.45, 7) is 4.74. The quantitative estimate of drug-likeness (QED) is 0.872. The summed E-state index contributed by atoms with van der Waals surface area (Å²) in [5.74, 6) is 0.395. The zero-order valence-corrected chi connectivity index (χ0v) is 12.4. The smallest absolute Gasteiger partial charge is 0.0230 e. The molecule has 0 aliphatic heterocycles. The van der Waals surface area contributed by atoms with Gasteiger partial charge in [0, 0.05) is 25.6 Å². The lowest BCUT2D eigenvalue weighted by molar-refractivity contribution is 0.305. The molecule has 0 aliphatic carbocycles. The first-order chi connectivity index (χ1) is 9.69. The van der Waals surface area contributed by atoms with Crippen molar-refractivity contribution in [2.24, 2.45) is 5.73 Å². The van der Waals surface area contributed by atoms with E-state index in [0.29, 0.717) is 12.5 Å². The number of rotatable bonds is 6. The largest absolute Gasteiger partial charge is 0.330 e. The van der Waals surface area contributed by atoms with E-state index in [2.05, 4.69) is 67.4 Å². The van der Waals surface area contributed by atoms with E-state index in [9.17, 15) is 0 Å². The van der Waals surface area contributed by atoms with Crippen LogP contribution in [0, 0.1) is 6.92 Å². The summed E-state index contributed by atoms with van der Waals surface area (Å²) in [6.07, 6.45) is 0. The van der Waals surface area contributed by atoms with Crippen molar-refractivity contribution in [3.8, 4) is 0 Å². The maximum atomic E-state index is 5.94. The van der Waals surface area contributed by atoms with Crippen LogP contribution in [0.1, 0.15) is 22.6 Å². The van der Waals surface area contributed by atoms with Crippen LogP contribution in [-0.2, 0) is 6.54 Å².